The molecule has 4 rings (SSSR count). The number of fused-ring (bicyclic) bond motifs is 3. The summed E-state index contributed by atoms with van der Waals surface area (Å²) in [5.41, 5.74) is 3.25. The van der Waals surface area contributed by atoms with Gasteiger partial charge in [0.05, 0.1) is 16.6 Å². The van der Waals surface area contributed by atoms with Gasteiger partial charge in [0.15, 0.2) is 5.78 Å². The molecule has 1 unspecified atom stereocenters. The Morgan fingerprint density at radius 2 is 1.64 bits per heavy atom. The molecule has 2 heterocycles. The van der Waals surface area contributed by atoms with E-state index in [9.17, 15) is 13.2 Å². The average molecular weight is 351 g/mol. The minimum Gasteiger partial charge on any atom is -0.329 e. The third kappa shape index (κ3) is 2.27. The number of allylic oxidation sites excluding steroid dienone is 1. The largest absolute Gasteiger partial charge is 0.329 e. The number of anilines is 1. The molecule has 0 amide bonds. The number of para-hydroxylation sites is 1. The summed E-state index contributed by atoms with van der Waals surface area (Å²) < 4.78 is 26.3. The second kappa shape index (κ2) is 5.43. The zero-order valence-corrected chi connectivity index (χ0v) is 14.7. The minimum absolute atomic E-state index is 0.116. The quantitative estimate of drug-likeness (QED) is 0.831. The predicted octanol–water partition coefficient (Wildman–Crippen LogP) is 3.48. The van der Waals surface area contributed by atoms with Crippen LogP contribution < -0.4 is 4.90 Å². The van der Waals surface area contributed by atoms with Gasteiger partial charge in [0.2, 0.25) is 9.84 Å². The lowest BCUT2D eigenvalue weighted by atomic mass is 10.1. The van der Waals surface area contributed by atoms with Crippen LogP contribution in [-0.4, -0.2) is 20.2 Å². The van der Waals surface area contributed by atoms with Crippen LogP contribution in [0.25, 0.3) is 6.08 Å². The summed E-state index contributed by atoms with van der Waals surface area (Å²) >= 11 is 0. The van der Waals surface area contributed by atoms with Gasteiger partial charge in [-0.25, -0.2) is 8.42 Å². The summed E-state index contributed by atoms with van der Waals surface area (Å²) in [5, 5.41) is 0. The second-order valence-corrected chi connectivity index (χ2v) is 8.22. The molecule has 4 nitrogen and oxygen atoms in total. The summed E-state index contributed by atoms with van der Waals surface area (Å²) in [6.45, 7) is 3.64. The van der Waals surface area contributed by atoms with Crippen molar-refractivity contribution >= 4 is 27.4 Å². The van der Waals surface area contributed by atoms with Gasteiger partial charge in [-0.1, -0.05) is 42.0 Å². The first kappa shape index (κ1) is 15.8. The number of nitrogens with zero attached hydrogens (tertiary/aromatic N) is 1. The van der Waals surface area contributed by atoms with E-state index >= 15 is 0 Å². The molecule has 2 aliphatic heterocycles. The Kier molecular flexibility index (Phi) is 3.44. The minimum atomic E-state index is -3.87. The van der Waals surface area contributed by atoms with E-state index in [1.165, 1.54) is 0 Å². The predicted molar refractivity (Wildman–Crippen MR) is 97.8 cm³/mol. The fourth-order valence-corrected chi connectivity index (χ4v) is 4.97. The molecule has 0 aliphatic carbocycles. The maximum atomic E-state index is 13.1. The first-order valence-electron chi connectivity index (χ1n) is 8.08. The third-order valence-electron chi connectivity index (χ3n) is 4.70. The van der Waals surface area contributed by atoms with Crippen LogP contribution in [-0.2, 0) is 14.6 Å². The second-order valence-electron chi connectivity index (χ2n) is 6.33. The van der Waals surface area contributed by atoms with E-state index < -0.39 is 15.9 Å². The van der Waals surface area contributed by atoms with Gasteiger partial charge in [0.1, 0.15) is 4.91 Å². The number of benzene rings is 2. The lowest BCUT2D eigenvalue weighted by molar-refractivity contribution is -0.115. The molecule has 0 saturated heterocycles. The van der Waals surface area contributed by atoms with Crippen molar-refractivity contribution in [2.45, 2.75) is 24.8 Å². The summed E-state index contributed by atoms with van der Waals surface area (Å²) in [5.74, 6) is -0.364. The summed E-state index contributed by atoms with van der Waals surface area (Å²) in [7, 11) is -3.87. The number of carbonyl (C=O) groups is 1. The van der Waals surface area contributed by atoms with Gasteiger partial charge in [-0.3, -0.25) is 4.79 Å². The molecule has 0 bridgehead atoms. The van der Waals surface area contributed by atoms with Gasteiger partial charge in [-0.15, -0.1) is 0 Å². The van der Waals surface area contributed by atoms with Crippen LogP contribution in [0.15, 0.2) is 70.1 Å². The van der Waals surface area contributed by atoms with Gasteiger partial charge >= 0.3 is 0 Å². The summed E-state index contributed by atoms with van der Waals surface area (Å²) in [6, 6.07) is 13.7. The molecule has 0 N–H and O–H groups in total. The first-order valence-corrected chi connectivity index (χ1v) is 9.56. The molecule has 2 aliphatic rings. The van der Waals surface area contributed by atoms with E-state index in [4.69, 9.17) is 0 Å². The maximum absolute atomic E-state index is 13.1. The average Bonchev–Trinajstić information content (AvgIpc) is 2.87. The van der Waals surface area contributed by atoms with Crippen molar-refractivity contribution in [2.24, 2.45) is 0 Å². The number of rotatable bonds is 2. The van der Waals surface area contributed by atoms with E-state index in [1.807, 2.05) is 42.2 Å². The van der Waals surface area contributed by atoms with Gasteiger partial charge in [0.25, 0.3) is 0 Å². The van der Waals surface area contributed by atoms with Crippen molar-refractivity contribution in [1.82, 2.24) is 0 Å². The normalized spacial score (nSPS) is 19.2. The Labute approximate surface area is 147 Å². The summed E-state index contributed by atoms with van der Waals surface area (Å²) in [4.78, 5) is 14.7. The van der Waals surface area contributed by atoms with Crippen molar-refractivity contribution in [2.75, 3.05) is 4.90 Å². The lowest BCUT2D eigenvalue weighted by Gasteiger charge is -2.29. The Bertz CT molecular complexity index is 1050. The fraction of sp³-hybridized carbons (Fsp3) is 0.150. The molecule has 0 aromatic heterocycles. The molecule has 0 fully saturated rings. The molecule has 2 aromatic rings. The third-order valence-corrected chi connectivity index (χ3v) is 6.54. The highest BCUT2D eigenvalue weighted by molar-refractivity contribution is 7.96. The van der Waals surface area contributed by atoms with Crippen LogP contribution in [0.5, 0.6) is 0 Å². The van der Waals surface area contributed by atoms with Gasteiger partial charge in [-0.2, -0.15) is 0 Å². The number of sulfone groups is 1. The highest BCUT2D eigenvalue weighted by atomic mass is 32.2. The van der Waals surface area contributed by atoms with Gasteiger partial charge < -0.3 is 4.90 Å². The van der Waals surface area contributed by atoms with E-state index in [2.05, 4.69) is 0 Å². The molecule has 1 atom stereocenters. The van der Waals surface area contributed by atoms with Crippen molar-refractivity contribution in [3.05, 3.63) is 76.3 Å². The summed E-state index contributed by atoms with van der Waals surface area (Å²) in [6.07, 6.45) is 3.59. The topological polar surface area (TPSA) is 54.5 Å². The number of hydrogen-bond acceptors (Lipinski definition) is 4. The van der Waals surface area contributed by atoms with E-state index in [-0.39, 0.29) is 15.6 Å². The molecular formula is C20H17NO3S. The van der Waals surface area contributed by atoms with Gasteiger partial charge in [-0.05, 0) is 43.7 Å². The molecule has 0 radical (unpaired) electrons. The first-order chi connectivity index (χ1) is 11.9. The number of hydrogen-bond donors (Lipinski definition) is 0. The van der Waals surface area contributed by atoms with Crippen molar-refractivity contribution in [3.63, 3.8) is 0 Å². The van der Waals surface area contributed by atoms with E-state index in [0.29, 0.717) is 5.70 Å². The highest BCUT2D eigenvalue weighted by Gasteiger charge is 2.44. The van der Waals surface area contributed by atoms with Crippen molar-refractivity contribution in [1.29, 1.82) is 0 Å². The number of carbonyl (C=O) groups excluding carboxylic acids is 1. The maximum Gasteiger partial charge on any atom is 0.212 e. The highest BCUT2D eigenvalue weighted by Crippen LogP contribution is 2.41. The number of Topliss-reactive ketones (excluding diaryl/α,β-unsaturated/α-hetero) is 1. The van der Waals surface area contributed by atoms with Crippen LogP contribution >= 0.6 is 0 Å². The van der Waals surface area contributed by atoms with Crippen molar-refractivity contribution < 1.29 is 13.2 Å². The molecule has 2 aromatic carbocycles. The van der Waals surface area contributed by atoms with Gasteiger partial charge in [0, 0.05) is 5.69 Å². The molecule has 25 heavy (non-hydrogen) atoms. The van der Waals surface area contributed by atoms with Crippen LogP contribution in [0.2, 0.25) is 0 Å². The van der Waals surface area contributed by atoms with Crippen LogP contribution in [0.4, 0.5) is 5.69 Å². The molecule has 5 heteroatoms. The standard InChI is InChI=1S/C20H17NO3S/c1-13-7-10-16(11-8-13)25(23,24)20-18-12-9-15-5-3-4-6-17(15)21(18)14(2)19(20)22/h3-12,14H,1-2H3. The Hall–Kier alpha value is -2.66. The lowest BCUT2D eigenvalue weighted by Crippen LogP contribution is -2.32. The smallest absolute Gasteiger partial charge is 0.212 e. The Morgan fingerprint density at radius 3 is 2.36 bits per heavy atom. The van der Waals surface area contributed by atoms with Crippen LogP contribution in [0.1, 0.15) is 18.1 Å². The van der Waals surface area contributed by atoms with Crippen LogP contribution in [0.3, 0.4) is 0 Å². The monoisotopic (exact) mass is 351 g/mol. The molecule has 126 valence electrons. The van der Waals surface area contributed by atoms with E-state index in [0.717, 1.165) is 16.8 Å². The zero-order valence-electron chi connectivity index (χ0n) is 13.9. The van der Waals surface area contributed by atoms with Crippen molar-refractivity contribution in [3.8, 4) is 0 Å². The zero-order chi connectivity index (χ0) is 17.8. The Balaban J connectivity index is 1.93. The molecule has 0 spiro atoms. The molecule has 0 saturated carbocycles. The SMILES string of the molecule is Cc1ccc(S(=O)(=O)C2=C3C=Cc4ccccc4N3C(C)C2=O)cc1. The number of aryl methyl sites for hydroxylation is 1. The molecular weight excluding hydrogens is 334 g/mol. The Morgan fingerprint density at radius 1 is 0.960 bits per heavy atom. The van der Waals surface area contributed by atoms with Crippen LogP contribution in [0, 0.1) is 6.92 Å². The fourth-order valence-electron chi connectivity index (χ4n) is 3.37. The number of ketones is 1. The van der Waals surface area contributed by atoms with E-state index in [1.54, 1.807) is 37.3 Å².